The summed E-state index contributed by atoms with van der Waals surface area (Å²) < 4.78 is 0. The Morgan fingerprint density at radius 1 is 1.44 bits per heavy atom. The molecule has 0 atom stereocenters. The summed E-state index contributed by atoms with van der Waals surface area (Å²) in [5.74, 6) is 1.56. The van der Waals surface area contributed by atoms with Gasteiger partial charge in [0.2, 0.25) is 0 Å². The van der Waals surface area contributed by atoms with E-state index in [1.54, 1.807) is 6.07 Å². The van der Waals surface area contributed by atoms with Crippen LogP contribution < -0.4 is 5.32 Å². The number of aromatic nitrogens is 2. The van der Waals surface area contributed by atoms with Crippen molar-refractivity contribution < 1.29 is 0 Å². The normalized spacial score (nSPS) is 10.8. The molecule has 0 unspecified atom stereocenters. The summed E-state index contributed by atoms with van der Waals surface area (Å²) in [6.45, 7) is 5.39. The van der Waals surface area contributed by atoms with Gasteiger partial charge in [0.05, 0.1) is 0 Å². The Morgan fingerprint density at radius 3 is 2.81 bits per heavy atom. The first-order valence-electron chi connectivity index (χ1n) is 5.44. The van der Waals surface area contributed by atoms with E-state index in [0.717, 1.165) is 24.7 Å². The minimum Gasteiger partial charge on any atom is -0.370 e. The SMILES string of the molecule is CSc1nc(Cl)cc(NCCCC(C)C)n1. The molecule has 90 valence electrons. The van der Waals surface area contributed by atoms with Gasteiger partial charge in [-0.15, -0.1) is 0 Å². The average molecular weight is 260 g/mol. The Balaban J connectivity index is 2.44. The van der Waals surface area contributed by atoms with Gasteiger partial charge in [0.1, 0.15) is 11.0 Å². The molecule has 3 nitrogen and oxygen atoms in total. The molecule has 0 saturated carbocycles. The highest BCUT2D eigenvalue weighted by molar-refractivity contribution is 7.98. The highest BCUT2D eigenvalue weighted by atomic mass is 35.5. The predicted octanol–water partition coefficient (Wildman–Crippen LogP) is 3.70. The molecular formula is C11H18ClN3S. The van der Waals surface area contributed by atoms with Gasteiger partial charge in [-0.1, -0.05) is 37.2 Å². The third-order valence-electron chi connectivity index (χ3n) is 2.12. The minimum absolute atomic E-state index is 0.491. The molecule has 16 heavy (non-hydrogen) atoms. The van der Waals surface area contributed by atoms with E-state index in [4.69, 9.17) is 11.6 Å². The second-order valence-electron chi connectivity index (χ2n) is 4.03. The third kappa shape index (κ3) is 5.03. The van der Waals surface area contributed by atoms with Crippen LogP contribution in [0.2, 0.25) is 5.15 Å². The van der Waals surface area contributed by atoms with Crippen LogP contribution in [0.5, 0.6) is 0 Å². The zero-order chi connectivity index (χ0) is 12.0. The largest absolute Gasteiger partial charge is 0.370 e. The van der Waals surface area contributed by atoms with Crippen molar-refractivity contribution in [3.8, 4) is 0 Å². The van der Waals surface area contributed by atoms with E-state index in [-0.39, 0.29) is 0 Å². The van der Waals surface area contributed by atoms with Crippen molar-refractivity contribution in [2.45, 2.75) is 31.8 Å². The summed E-state index contributed by atoms with van der Waals surface area (Å²) in [5, 5.41) is 4.47. The van der Waals surface area contributed by atoms with E-state index in [2.05, 4.69) is 29.1 Å². The molecule has 0 fully saturated rings. The Kier molecular flexibility index (Phi) is 5.91. The van der Waals surface area contributed by atoms with Crippen LogP contribution in [0.1, 0.15) is 26.7 Å². The highest BCUT2D eigenvalue weighted by Gasteiger charge is 2.01. The lowest BCUT2D eigenvalue weighted by Crippen LogP contribution is -2.05. The topological polar surface area (TPSA) is 37.8 Å². The molecule has 5 heteroatoms. The van der Waals surface area contributed by atoms with Gasteiger partial charge in [-0.2, -0.15) is 0 Å². The lowest BCUT2D eigenvalue weighted by Gasteiger charge is -2.08. The van der Waals surface area contributed by atoms with E-state index < -0.39 is 0 Å². The van der Waals surface area contributed by atoms with Gasteiger partial charge in [-0.3, -0.25) is 0 Å². The van der Waals surface area contributed by atoms with Crippen LogP contribution >= 0.6 is 23.4 Å². The Labute approximate surface area is 106 Å². The molecule has 0 aliphatic carbocycles. The highest BCUT2D eigenvalue weighted by Crippen LogP contribution is 2.17. The number of hydrogen-bond acceptors (Lipinski definition) is 4. The first-order chi connectivity index (χ1) is 7.61. The van der Waals surface area contributed by atoms with Crippen LogP contribution in [-0.2, 0) is 0 Å². The molecular weight excluding hydrogens is 242 g/mol. The Hall–Kier alpha value is -0.480. The third-order valence-corrected chi connectivity index (χ3v) is 2.86. The van der Waals surface area contributed by atoms with E-state index in [0.29, 0.717) is 10.3 Å². The lowest BCUT2D eigenvalue weighted by atomic mass is 10.1. The molecule has 0 aromatic carbocycles. The molecule has 0 spiro atoms. The van der Waals surface area contributed by atoms with Crippen molar-refractivity contribution in [2.24, 2.45) is 5.92 Å². The fourth-order valence-electron chi connectivity index (χ4n) is 1.31. The first-order valence-corrected chi connectivity index (χ1v) is 7.04. The molecule has 1 heterocycles. The summed E-state index contributed by atoms with van der Waals surface area (Å²) in [4.78, 5) is 8.41. The molecule has 0 radical (unpaired) electrons. The van der Waals surface area contributed by atoms with Crippen molar-refractivity contribution in [2.75, 3.05) is 18.1 Å². The van der Waals surface area contributed by atoms with Gasteiger partial charge in [-0.05, 0) is 25.0 Å². The van der Waals surface area contributed by atoms with Crippen LogP contribution in [-0.4, -0.2) is 22.8 Å². The number of rotatable bonds is 6. The summed E-state index contributed by atoms with van der Waals surface area (Å²) in [5.41, 5.74) is 0. The molecule has 0 aliphatic rings. The molecule has 1 rings (SSSR count). The number of nitrogens with zero attached hydrogens (tertiary/aromatic N) is 2. The predicted molar refractivity (Wildman–Crippen MR) is 71.4 cm³/mol. The van der Waals surface area contributed by atoms with Gasteiger partial charge in [0.15, 0.2) is 5.16 Å². The lowest BCUT2D eigenvalue weighted by molar-refractivity contribution is 0.566. The summed E-state index contributed by atoms with van der Waals surface area (Å²) >= 11 is 7.38. The summed E-state index contributed by atoms with van der Waals surface area (Å²) in [6.07, 6.45) is 4.31. The van der Waals surface area contributed by atoms with Crippen molar-refractivity contribution in [3.63, 3.8) is 0 Å². The number of anilines is 1. The minimum atomic E-state index is 0.491. The summed E-state index contributed by atoms with van der Waals surface area (Å²) in [6, 6.07) is 1.76. The van der Waals surface area contributed by atoms with E-state index >= 15 is 0 Å². The molecule has 0 saturated heterocycles. The van der Waals surface area contributed by atoms with Crippen molar-refractivity contribution in [1.29, 1.82) is 0 Å². The van der Waals surface area contributed by atoms with Crippen LogP contribution in [0.4, 0.5) is 5.82 Å². The van der Waals surface area contributed by atoms with Crippen molar-refractivity contribution in [3.05, 3.63) is 11.2 Å². The zero-order valence-corrected chi connectivity index (χ0v) is 11.5. The Morgan fingerprint density at radius 2 is 2.19 bits per heavy atom. The van der Waals surface area contributed by atoms with Crippen LogP contribution in [0.25, 0.3) is 0 Å². The number of nitrogens with one attached hydrogen (secondary N) is 1. The number of hydrogen-bond donors (Lipinski definition) is 1. The molecule has 0 aliphatic heterocycles. The quantitative estimate of drug-likeness (QED) is 0.366. The van der Waals surface area contributed by atoms with E-state index in [1.165, 1.54) is 18.2 Å². The first kappa shape index (κ1) is 13.6. The monoisotopic (exact) mass is 259 g/mol. The molecule has 0 bridgehead atoms. The second-order valence-corrected chi connectivity index (χ2v) is 5.19. The zero-order valence-electron chi connectivity index (χ0n) is 9.96. The number of thioether (sulfide) groups is 1. The van der Waals surface area contributed by atoms with Crippen LogP contribution in [0.3, 0.4) is 0 Å². The molecule has 1 aromatic heterocycles. The second kappa shape index (κ2) is 6.97. The van der Waals surface area contributed by atoms with Crippen LogP contribution in [0.15, 0.2) is 11.2 Å². The van der Waals surface area contributed by atoms with Gasteiger partial charge in [0.25, 0.3) is 0 Å². The number of halogens is 1. The van der Waals surface area contributed by atoms with Crippen molar-refractivity contribution >= 4 is 29.2 Å². The van der Waals surface area contributed by atoms with Gasteiger partial charge in [0, 0.05) is 12.6 Å². The molecule has 1 N–H and O–H groups in total. The molecule has 0 amide bonds. The maximum Gasteiger partial charge on any atom is 0.190 e. The average Bonchev–Trinajstić information content (AvgIpc) is 2.23. The fourth-order valence-corrected chi connectivity index (χ4v) is 1.92. The standard InChI is InChI=1S/C11H18ClN3S/c1-8(2)5-4-6-13-10-7-9(12)14-11(15-10)16-3/h7-8H,4-6H2,1-3H3,(H,13,14,15). The smallest absolute Gasteiger partial charge is 0.190 e. The van der Waals surface area contributed by atoms with Crippen molar-refractivity contribution in [1.82, 2.24) is 9.97 Å². The van der Waals surface area contributed by atoms with Gasteiger partial charge >= 0.3 is 0 Å². The Bertz CT molecular complexity index is 331. The van der Waals surface area contributed by atoms with E-state index in [9.17, 15) is 0 Å². The van der Waals surface area contributed by atoms with E-state index in [1.807, 2.05) is 6.26 Å². The summed E-state index contributed by atoms with van der Waals surface area (Å²) in [7, 11) is 0. The van der Waals surface area contributed by atoms with Gasteiger partial charge in [-0.25, -0.2) is 9.97 Å². The maximum absolute atomic E-state index is 5.89. The van der Waals surface area contributed by atoms with Gasteiger partial charge < -0.3 is 5.32 Å². The fraction of sp³-hybridized carbons (Fsp3) is 0.636. The molecule has 1 aromatic rings. The maximum atomic E-state index is 5.89. The van der Waals surface area contributed by atoms with Crippen LogP contribution in [0, 0.1) is 5.92 Å².